The van der Waals surface area contributed by atoms with E-state index in [0.717, 1.165) is 114 Å². The van der Waals surface area contributed by atoms with Crippen LogP contribution in [-0.4, -0.2) is 116 Å². The quantitative estimate of drug-likeness (QED) is 0.0671. The summed E-state index contributed by atoms with van der Waals surface area (Å²) in [5.41, 5.74) is 16.5. The highest BCUT2D eigenvalue weighted by atomic mass is 16.7. The zero-order valence-corrected chi connectivity index (χ0v) is 44.5. The second-order valence-electron chi connectivity index (χ2n) is 25.7. The maximum absolute atomic E-state index is 12.4. The lowest BCUT2D eigenvalue weighted by Gasteiger charge is -2.62. The first-order valence-electron chi connectivity index (χ1n) is 28.3. The fraction of sp³-hybridized carbons (Fsp3) is 0.759. The summed E-state index contributed by atoms with van der Waals surface area (Å²) in [7, 11) is 0. The summed E-state index contributed by atoms with van der Waals surface area (Å²) in [6.07, 6.45) is 14.9. The topological polar surface area (TPSA) is 294 Å². The lowest BCUT2D eigenvalue weighted by atomic mass is 9.45. The number of fused-ring (bicyclic) bond motifs is 10. The van der Waals surface area contributed by atoms with E-state index in [1.165, 1.54) is 23.3 Å². The monoisotopic (exact) mass is 1060 g/mol. The summed E-state index contributed by atoms with van der Waals surface area (Å²) in [6, 6.07) is 5.27. The Bertz CT molecular complexity index is 2690. The first-order valence-corrected chi connectivity index (χ1v) is 28.3. The maximum Gasteiger partial charge on any atom is 0.335 e. The first kappa shape index (κ1) is 54.2. The molecule has 6 unspecified atom stereocenters. The van der Waals surface area contributed by atoms with E-state index in [-0.39, 0.29) is 82.0 Å². The molecule has 2 aliphatic heterocycles. The van der Waals surface area contributed by atoms with Crippen LogP contribution in [-0.2, 0) is 18.9 Å². The van der Waals surface area contributed by atoms with Crippen molar-refractivity contribution in [1.29, 1.82) is 0 Å². The molecule has 8 aliphatic carbocycles. The third-order valence-electron chi connectivity index (χ3n) is 22.6. The number of allylic oxidation sites excluding steroid dienone is 2. The fourth-order valence-corrected chi connectivity index (χ4v) is 18.1. The van der Waals surface area contributed by atoms with Gasteiger partial charge in [0.1, 0.15) is 18.3 Å². The SMILES string of the molecule is C[C@]12CC[C@H](OC3OC[C@H](N)[C@@H](O)[C@@H]3O)C=C1CCC1C2CC[C@]2(C)[C@@H](c3ccc(=O)oc3)CC[C@]12O.C[C@]12CC[C@H](OC3OC[C@H](N=[N+]=[N-])[C@@H](O)[C@@H]3O)C=C1CCC1C2CC[C@]2(C)[C@@H](c3ccc(=O)oc3)CC[C@]12O. The van der Waals surface area contributed by atoms with Gasteiger partial charge >= 0.3 is 11.3 Å². The Balaban J connectivity index is 0.000000162. The zero-order chi connectivity index (χ0) is 53.7. The van der Waals surface area contributed by atoms with Crippen LogP contribution in [0.4, 0.5) is 0 Å². The van der Waals surface area contributed by atoms with E-state index < -0.39 is 60.3 Å². The van der Waals surface area contributed by atoms with Crippen LogP contribution >= 0.6 is 0 Å². The predicted octanol–water partition coefficient (Wildman–Crippen LogP) is 6.54. The molecular weight excluding hydrogens is 977 g/mol. The van der Waals surface area contributed by atoms with E-state index >= 15 is 0 Å². The average Bonchev–Trinajstić information content (AvgIpc) is 4.00. The van der Waals surface area contributed by atoms with Crippen molar-refractivity contribution in [1.82, 2.24) is 0 Å². The zero-order valence-electron chi connectivity index (χ0n) is 44.5. The molecule has 8 fully saturated rings. The molecule has 6 saturated carbocycles. The molecule has 12 rings (SSSR count). The van der Waals surface area contributed by atoms with Gasteiger partial charge in [0.05, 0.1) is 67.3 Å². The molecule has 2 aromatic rings. The van der Waals surface area contributed by atoms with Crippen molar-refractivity contribution in [2.24, 2.45) is 56.2 Å². The minimum Gasteiger partial charge on any atom is -0.431 e. The number of azide groups is 1. The maximum atomic E-state index is 12.4. The highest BCUT2D eigenvalue weighted by Crippen LogP contribution is 2.72. The number of aliphatic hydroxyl groups excluding tert-OH is 4. The van der Waals surface area contributed by atoms with Crippen LogP contribution in [0, 0.1) is 45.3 Å². The molecule has 0 amide bonds. The van der Waals surface area contributed by atoms with E-state index in [9.17, 15) is 40.2 Å². The minimum absolute atomic E-state index is 0.00533. The number of hydrogen-bond donors (Lipinski definition) is 7. The molecule has 416 valence electrons. The number of rotatable bonds is 7. The molecule has 2 aromatic heterocycles. The van der Waals surface area contributed by atoms with Crippen molar-refractivity contribution < 1.29 is 58.4 Å². The van der Waals surface area contributed by atoms with Crippen molar-refractivity contribution in [3.05, 3.63) is 103 Å². The molecule has 76 heavy (non-hydrogen) atoms. The summed E-state index contributed by atoms with van der Waals surface area (Å²) >= 11 is 0. The van der Waals surface area contributed by atoms with Crippen molar-refractivity contribution in [2.45, 2.75) is 215 Å². The van der Waals surface area contributed by atoms with Crippen LogP contribution in [0.5, 0.6) is 0 Å². The first-order chi connectivity index (χ1) is 36.2. The van der Waals surface area contributed by atoms with Crippen molar-refractivity contribution in [2.75, 3.05) is 13.2 Å². The number of nitrogens with two attached hydrogens (primary N) is 1. The summed E-state index contributed by atoms with van der Waals surface area (Å²) < 4.78 is 33.9. The van der Waals surface area contributed by atoms with Gasteiger partial charge in [0.2, 0.25) is 0 Å². The molecule has 8 N–H and O–H groups in total. The summed E-state index contributed by atoms with van der Waals surface area (Å²) in [6.45, 7) is 9.34. The molecular formula is C58H80N4O14. The smallest absolute Gasteiger partial charge is 0.335 e. The van der Waals surface area contributed by atoms with E-state index in [0.29, 0.717) is 11.8 Å². The van der Waals surface area contributed by atoms with Gasteiger partial charge in [0.25, 0.3) is 0 Å². The number of aliphatic hydroxyl groups is 6. The van der Waals surface area contributed by atoms with Crippen molar-refractivity contribution >= 4 is 0 Å². The van der Waals surface area contributed by atoms with E-state index in [4.69, 9.17) is 39.0 Å². The Morgan fingerprint density at radius 2 is 1.05 bits per heavy atom. The molecule has 18 heteroatoms. The minimum atomic E-state index is -1.30. The third kappa shape index (κ3) is 8.66. The van der Waals surface area contributed by atoms with Crippen LogP contribution in [0.3, 0.4) is 0 Å². The van der Waals surface area contributed by atoms with Gasteiger partial charge in [-0.05, 0) is 178 Å². The highest BCUT2D eigenvalue weighted by Gasteiger charge is 2.68. The highest BCUT2D eigenvalue weighted by molar-refractivity contribution is 5.33. The lowest BCUT2D eigenvalue weighted by molar-refractivity contribution is -0.259. The molecule has 22 atom stereocenters. The van der Waals surface area contributed by atoms with E-state index in [1.807, 2.05) is 12.1 Å². The predicted molar refractivity (Wildman–Crippen MR) is 276 cm³/mol. The van der Waals surface area contributed by atoms with Gasteiger partial charge in [-0.1, -0.05) is 56.1 Å². The van der Waals surface area contributed by atoms with Crippen LogP contribution in [0.25, 0.3) is 10.4 Å². The summed E-state index contributed by atoms with van der Waals surface area (Å²) in [5, 5.41) is 69.6. The van der Waals surface area contributed by atoms with Gasteiger partial charge in [0, 0.05) is 27.9 Å². The summed E-state index contributed by atoms with van der Waals surface area (Å²) in [4.78, 5) is 25.8. The van der Waals surface area contributed by atoms with E-state index in [1.54, 1.807) is 12.5 Å². The van der Waals surface area contributed by atoms with Gasteiger partial charge < -0.3 is 64.2 Å². The number of ether oxygens (including phenoxy) is 4. The molecule has 2 saturated heterocycles. The molecule has 0 aromatic carbocycles. The lowest BCUT2D eigenvalue weighted by Crippen LogP contribution is -2.60. The van der Waals surface area contributed by atoms with Gasteiger partial charge in [-0.2, -0.15) is 0 Å². The standard InChI is InChI=1S/C29H39N3O7.C29H41NO7/c1-27-10-7-18(39-26-25(35)24(34)22(15-38-26)31-32-30)13-17(27)4-5-21-20(27)8-11-28(2)19(9-12-29(21,28)36)16-3-6-23(33)37-14-16;1-27-10-7-18(37-26-25(33)24(32)22(30)15-36-26)13-17(27)4-5-21-20(27)8-11-28(2)19(9-12-29(21,28)34)16-3-6-23(31)35-14-16/h3,6,13-14,18-22,24-26,34-36H,4-5,7-12,15H2,1-2H3;3,6,13-14,18-22,24-26,32-34H,4-5,7-12,15,30H2,1-2H3/t2*18-,19+,20?,21?,22-,24+,25-,26?,27-,28+,29-/m00/s1. The molecule has 0 radical (unpaired) electrons. The average molecular weight is 1060 g/mol. The summed E-state index contributed by atoms with van der Waals surface area (Å²) in [5.74, 6) is 1.54. The molecule has 4 heterocycles. The molecule has 0 bridgehead atoms. The molecule has 18 nitrogen and oxygen atoms in total. The number of nitrogens with zero attached hydrogens (tertiary/aromatic N) is 3. The Morgan fingerprint density at radius 3 is 1.50 bits per heavy atom. The van der Waals surface area contributed by atoms with E-state index in [2.05, 4.69) is 49.9 Å². The fourth-order valence-electron chi connectivity index (χ4n) is 18.1. The third-order valence-corrected chi connectivity index (χ3v) is 22.6. The molecule has 0 spiro atoms. The Morgan fingerprint density at radius 1 is 0.592 bits per heavy atom. The van der Waals surface area contributed by atoms with Crippen LogP contribution in [0.1, 0.15) is 153 Å². The van der Waals surface area contributed by atoms with Crippen molar-refractivity contribution in [3.8, 4) is 0 Å². The van der Waals surface area contributed by atoms with Gasteiger partial charge in [0.15, 0.2) is 12.6 Å². The van der Waals surface area contributed by atoms with Gasteiger partial charge in [-0.15, -0.1) is 0 Å². The molecule has 10 aliphatic rings. The van der Waals surface area contributed by atoms with Crippen molar-refractivity contribution in [3.63, 3.8) is 0 Å². The normalized spacial score (nSPS) is 48.4. The second-order valence-corrected chi connectivity index (χ2v) is 25.7. The van der Waals surface area contributed by atoms with Gasteiger partial charge in [-0.3, -0.25) is 0 Å². The number of hydrogen-bond acceptors (Lipinski definition) is 16. The Labute approximate surface area is 443 Å². The largest absolute Gasteiger partial charge is 0.431 e. The van der Waals surface area contributed by atoms with Crippen LogP contribution < -0.4 is 17.0 Å². The van der Waals surface area contributed by atoms with Crippen LogP contribution in [0.2, 0.25) is 0 Å². The second kappa shape index (κ2) is 20.1. The van der Waals surface area contributed by atoms with Crippen LogP contribution in [0.15, 0.2) is 83.6 Å². The Kier molecular flexibility index (Phi) is 14.3. The van der Waals surface area contributed by atoms with Gasteiger partial charge in [-0.25, -0.2) is 9.59 Å². The Hall–Kier alpha value is -3.75.